The lowest BCUT2D eigenvalue weighted by Crippen LogP contribution is -2.52. The van der Waals surface area contributed by atoms with Gasteiger partial charge in [0.25, 0.3) is 0 Å². The van der Waals surface area contributed by atoms with Crippen molar-refractivity contribution in [2.24, 2.45) is 0 Å². The lowest BCUT2D eigenvalue weighted by atomic mass is 10.1. The molecule has 0 aromatic heterocycles. The molecule has 2 aromatic carbocycles. The van der Waals surface area contributed by atoms with Crippen molar-refractivity contribution in [2.75, 3.05) is 30.8 Å². The predicted molar refractivity (Wildman–Crippen MR) is 140 cm³/mol. The van der Waals surface area contributed by atoms with Crippen molar-refractivity contribution in [3.63, 3.8) is 0 Å². The number of anilines is 1. The van der Waals surface area contributed by atoms with Crippen LogP contribution in [0.3, 0.4) is 0 Å². The molecule has 0 radical (unpaired) electrons. The van der Waals surface area contributed by atoms with Gasteiger partial charge in [0.05, 0.1) is 29.1 Å². The van der Waals surface area contributed by atoms with Gasteiger partial charge in [-0.2, -0.15) is 0 Å². The first-order valence-electron chi connectivity index (χ1n) is 11.1. The minimum atomic E-state index is -3.91. The van der Waals surface area contributed by atoms with E-state index in [4.69, 9.17) is 27.9 Å². The van der Waals surface area contributed by atoms with Gasteiger partial charge in [-0.15, -0.1) is 0 Å². The first kappa shape index (κ1) is 28.7. The van der Waals surface area contributed by atoms with Crippen molar-refractivity contribution in [3.05, 3.63) is 58.1 Å². The summed E-state index contributed by atoms with van der Waals surface area (Å²) in [6.07, 6.45) is 2.05. The molecule has 1 N–H and O–H groups in total. The number of hydrogen-bond donors (Lipinski definition) is 1. The number of sulfonamides is 1. The van der Waals surface area contributed by atoms with Crippen LogP contribution in [0.5, 0.6) is 5.75 Å². The third kappa shape index (κ3) is 7.75. The summed E-state index contributed by atoms with van der Waals surface area (Å²) in [6.45, 7) is 3.71. The van der Waals surface area contributed by atoms with Gasteiger partial charge in [-0.05, 0) is 42.7 Å². The molecule has 0 spiro atoms. The Morgan fingerprint density at radius 1 is 1.11 bits per heavy atom. The van der Waals surface area contributed by atoms with Gasteiger partial charge in [0, 0.05) is 13.1 Å². The summed E-state index contributed by atoms with van der Waals surface area (Å²) < 4.78 is 31.5. The zero-order valence-electron chi connectivity index (χ0n) is 20.3. The van der Waals surface area contributed by atoms with Gasteiger partial charge in [-0.25, -0.2) is 8.42 Å². The van der Waals surface area contributed by atoms with E-state index < -0.39 is 28.5 Å². The van der Waals surface area contributed by atoms with E-state index in [0.717, 1.165) is 22.5 Å². The van der Waals surface area contributed by atoms with E-state index in [-0.39, 0.29) is 28.2 Å². The summed E-state index contributed by atoms with van der Waals surface area (Å²) in [7, 11) is -2.38. The summed E-state index contributed by atoms with van der Waals surface area (Å²) in [5.41, 5.74) is 0.811. The normalized spacial score (nSPS) is 12.1. The number of carbonyl (C=O) groups excluding carboxylic acids is 2. The molecule has 8 nitrogen and oxygen atoms in total. The van der Waals surface area contributed by atoms with Gasteiger partial charge in [0.2, 0.25) is 21.8 Å². The van der Waals surface area contributed by atoms with Gasteiger partial charge in [-0.1, -0.05) is 55.2 Å². The first-order chi connectivity index (χ1) is 16.5. The van der Waals surface area contributed by atoms with Crippen LogP contribution in [0, 0.1) is 0 Å². The van der Waals surface area contributed by atoms with Crippen LogP contribution in [0.4, 0.5) is 5.69 Å². The molecular weight excluding hydrogens is 513 g/mol. The Balaban J connectivity index is 2.48. The Morgan fingerprint density at radius 2 is 1.80 bits per heavy atom. The van der Waals surface area contributed by atoms with Crippen molar-refractivity contribution < 1.29 is 22.7 Å². The summed E-state index contributed by atoms with van der Waals surface area (Å²) >= 11 is 12.4. The Morgan fingerprint density at radius 3 is 2.40 bits per heavy atom. The van der Waals surface area contributed by atoms with E-state index >= 15 is 0 Å². The molecule has 35 heavy (non-hydrogen) atoms. The number of methoxy groups -OCH3 is 1. The number of nitrogens with one attached hydrogen (secondary N) is 1. The lowest BCUT2D eigenvalue weighted by Gasteiger charge is -2.33. The number of ether oxygens (including phenoxy) is 1. The molecule has 0 saturated heterocycles. The zero-order chi connectivity index (χ0) is 26.2. The minimum absolute atomic E-state index is 0.0134. The van der Waals surface area contributed by atoms with Gasteiger partial charge in [0.1, 0.15) is 18.3 Å². The maximum absolute atomic E-state index is 13.6. The molecule has 1 atom stereocenters. The number of benzene rings is 2. The van der Waals surface area contributed by atoms with E-state index in [1.165, 1.54) is 24.1 Å². The van der Waals surface area contributed by atoms with Crippen LogP contribution in [0.1, 0.15) is 32.3 Å². The van der Waals surface area contributed by atoms with Gasteiger partial charge in [-0.3, -0.25) is 13.9 Å². The second-order valence-corrected chi connectivity index (χ2v) is 10.6. The molecule has 192 valence electrons. The molecule has 2 aromatic rings. The molecule has 0 bridgehead atoms. The highest BCUT2D eigenvalue weighted by atomic mass is 35.5. The lowest BCUT2D eigenvalue weighted by molar-refractivity contribution is -0.140. The quantitative estimate of drug-likeness (QED) is 0.434. The van der Waals surface area contributed by atoms with Crippen molar-refractivity contribution in [1.82, 2.24) is 10.2 Å². The Labute approximate surface area is 217 Å². The number of amides is 2. The maximum atomic E-state index is 13.6. The van der Waals surface area contributed by atoms with Crippen molar-refractivity contribution in [1.29, 1.82) is 0 Å². The fourth-order valence-corrected chi connectivity index (χ4v) is 4.83. The van der Waals surface area contributed by atoms with E-state index in [2.05, 4.69) is 5.32 Å². The van der Waals surface area contributed by atoms with Crippen LogP contribution in [-0.2, 0) is 26.2 Å². The topological polar surface area (TPSA) is 96.0 Å². The molecule has 2 rings (SSSR count). The zero-order valence-corrected chi connectivity index (χ0v) is 22.6. The van der Waals surface area contributed by atoms with Crippen molar-refractivity contribution in [3.8, 4) is 5.75 Å². The van der Waals surface area contributed by atoms with Crippen LogP contribution in [0.2, 0.25) is 10.0 Å². The monoisotopic (exact) mass is 543 g/mol. The maximum Gasteiger partial charge on any atom is 0.244 e. The second kappa shape index (κ2) is 13.0. The van der Waals surface area contributed by atoms with Crippen LogP contribution in [0.25, 0.3) is 0 Å². The van der Waals surface area contributed by atoms with Crippen molar-refractivity contribution in [2.45, 2.75) is 39.3 Å². The third-order valence-electron chi connectivity index (χ3n) is 5.30. The van der Waals surface area contributed by atoms with E-state index in [0.29, 0.717) is 18.7 Å². The number of rotatable bonds is 12. The molecular formula is C24H31Cl2N3O5S. The molecule has 0 aliphatic carbocycles. The van der Waals surface area contributed by atoms with E-state index in [1.54, 1.807) is 31.2 Å². The largest absolute Gasteiger partial charge is 0.497 e. The molecule has 0 saturated carbocycles. The molecule has 0 fully saturated rings. The van der Waals surface area contributed by atoms with Gasteiger partial charge in [0.15, 0.2) is 0 Å². The third-order valence-corrected chi connectivity index (χ3v) is 7.24. The fraction of sp³-hybridized carbons (Fsp3) is 0.417. The number of halogens is 2. The summed E-state index contributed by atoms with van der Waals surface area (Å²) in [6, 6.07) is 10.9. The Hall–Kier alpha value is -2.49. The highest BCUT2D eigenvalue weighted by Gasteiger charge is 2.32. The van der Waals surface area contributed by atoms with Crippen LogP contribution >= 0.6 is 23.2 Å². The predicted octanol–water partition coefficient (Wildman–Crippen LogP) is 4.10. The summed E-state index contributed by atoms with van der Waals surface area (Å²) in [5.74, 6) is -0.271. The number of hydrogen-bond acceptors (Lipinski definition) is 5. The molecule has 11 heteroatoms. The van der Waals surface area contributed by atoms with Gasteiger partial charge < -0.3 is 15.0 Å². The summed E-state index contributed by atoms with van der Waals surface area (Å²) in [4.78, 5) is 28.0. The van der Waals surface area contributed by atoms with Crippen LogP contribution < -0.4 is 14.4 Å². The van der Waals surface area contributed by atoms with E-state index in [1.807, 2.05) is 13.0 Å². The smallest absolute Gasteiger partial charge is 0.244 e. The average Bonchev–Trinajstić information content (AvgIpc) is 2.82. The summed E-state index contributed by atoms with van der Waals surface area (Å²) in [5, 5.41) is 3.00. The fourth-order valence-electron chi connectivity index (χ4n) is 3.53. The minimum Gasteiger partial charge on any atom is -0.497 e. The molecule has 0 heterocycles. The molecule has 2 amide bonds. The number of nitrogens with zero attached hydrogens (tertiary/aromatic N) is 2. The Kier molecular flexibility index (Phi) is 10.7. The molecule has 0 aliphatic heterocycles. The highest BCUT2D eigenvalue weighted by molar-refractivity contribution is 7.92. The van der Waals surface area contributed by atoms with E-state index in [9.17, 15) is 18.0 Å². The highest BCUT2D eigenvalue weighted by Crippen LogP contribution is 2.33. The van der Waals surface area contributed by atoms with Gasteiger partial charge >= 0.3 is 0 Å². The van der Waals surface area contributed by atoms with Crippen LogP contribution in [0.15, 0.2) is 42.5 Å². The molecule has 0 unspecified atom stereocenters. The van der Waals surface area contributed by atoms with Crippen LogP contribution in [-0.4, -0.2) is 57.6 Å². The number of carbonyl (C=O) groups is 2. The second-order valence-electron chi connectivity index (χ2n) is 7.93. The van der Waals surface area contributed by atoms with Crippen molar-refractivity contribution >= 4 is 50.7 Å². The standard InChI is InChI=1S/C24H31Cl2N3O5S/c1-5-13-27-24(31)20(6-2)28(15-17-9-7-10-18(14-17)34-3)22(30)16-29(35(4,32)33)21-12-8-11-19(25)23(21)26/h7-12,14,20H,5-6,13,15-16H2,1-4H3,(H,27,31)/t20-/m1/s1. The average molecular weight is 545 g/mol. The first-order valence-corrected chi connectivity index (χ1v) is 13.8. The SMILES string of the molecule is CCCNC(=O)[C@@H](CC)N(Cc1cccc(OC)c1)C(=O)CN(c1cccc(Cl)c1Cl)S(C)(=O)=O. The molecule has 0 aliphatic rings. The Bertz CT molecular complexity index is 1140.